The molecule has 1 aliphatic rings. The van der Waals surface area contributed by atoms with Gasteiger partial charge in [0, 0.05) is 17.6 Å². The number of ether oxygens (including phenoxy) is 1. The Morgan fingerprint density at radius 2 is 2.47 bits per heavy atom. The summed E-state index contributed by atoms with van der Waals surface area (Å²) in [6.45, 7) is 4.82. The molecule has 4 heteroatoms. The van der Waals surface area contributed by atoms with Crippen molar-refractivity contribution >= 4 is 11.8 Å². The van der Waals surface area contributed by atoms with E-state index in [1.807, 2.05) is 11.8 Å². The molecule has 1 saturated heterocycles. The molecular weight excluding hydrogens is 208 g/mol. The van der Waals surface area contributed by atoms with Gasteiger partial charge in [-0.25, -0.2) is 0 Å². The Morgan fingerprint density at radius 1 is 1.73 bits per heavy atom. The van der Waals surface area contributed by atoms with Gasteiger partial charge in [-0.15, -0.1) is 0 Å². The molecule has 15 heavy (non-hydrogen) atoms. The lowest BCUT2D eigenvalue weighted by molar-refractivity contribution is 0.128. The maximum atomic E-state index is 8.81. The van der Waals surface area contributed by atoms with Gasteiger partial charge < -0.3 is 10.5 Å². The zero-order chi connectivity index (χ0) is 11.3. The molecule has 0 bridgehead atoms. The summed E-state index contributed by atoms with van der Waals surface area (Å²) in [5.41, 5.74) is 5.10. The van der Waals surface area contributed by atoms with E-state index in [9.17, 15) is 0 Å². The van der Waals surface area contributed by atoms with Gasteiger partial charge in [0.1, 0.15) is 5.54 Å². The zero-order valence-electron chi connectivity index (χ0n) is 9.53. The van der Waals surface area contributed by atoms with E-state index in [0.29, 0.717) is 11.4 Å². The van der Waals surface area contributed by atoms with E-state index < -0.39 is 5.54 Å². The van der Waals surface area contributed by atoms with E-state index in [2.05, 4.69) is 13.0 Å². The molecule has 0 aromatic rings. The SMILES string of the molecule is CC(CC(C)(N)C#N)SCC1CCCO1. The minimum Gasteiger partial charge on any atom is -0.377 e. The molecule has 0 saturated carbocycles. The van der Waals surface area contributed by atoms with Crippen LogP contribution < -0.4 is 5.73 Å². The highest BCUT2D eigenvalue weighted by molar-refractivity contribution is 7.99. The molecule has 1 heterocycles. The largest absolute Gasteiger partial charge is 0.377 e. The molecule has 0 aliphatic carbocycles. The van der Waals surface area contributed by atoms with Crippen molar-refractivity contribution in [3.8, 4) is 6.07 Å². The van der Waals surface area contributed by atoms with Gasteiger partial charge in [-0.1, -0.05) is 6.92 Å². The van der Waals surface area contributed by atoms with Crippen molar-refractivity contribution in [3.63, 3.8) is 0 Å². The molecule has 0 amide bonds. The van der Waals surface area contributed by atoms with Crippen LogP contribution in [-0.2, 0) is 4.74 Å². The lowest BCUT2D eigenvalue weighted by atomic mass is 10.00. The van der Waals surface area contributed by atoms with Gasteiger partial charge in [-0.3, -0.25) is 0 Å². The number of thioether (sulfide) groups is 1. The van der Waals surface area contributed by atoms with E-state index in [1.54, 1.807) is 6.92 Å². The molecule has 0 radical (unpaired) electrons. The predicted molar refractivity (Wildman–Crippen MR) is 63.7 cm³/mol. The summed E-state index contributed by atoms with van der Waals surface area (Å²) in [5.74, 6) is 1.03. The van der Waals surface area contributed by atoms with Crippen molar-refractivity contribution in [3.05, 3.63) is 0 Å². The lowest BCUT2D eigenvalue weighted by Gasteiger charge is -2.21. The monoisotopic (exact) mass is 228 g/mol. The summed E-state index contributed by atoms with van der Waals surface area (Å²) in [5, 5.41) is 9.23. The van der Waals surface area contributed by atoms with Gasteiger partial charge in [-0.05, 0) is 26.2 Å². The second-order valence-electron chi connectivity index (χ2n) is 4.51. The Labute approximate surface area is 96.4 Å². The average molecular weight is 228 g/mol. The van der Waals surface area contributed by atoms with Crippen LogP contribution in [0.25, 0.3) is 0 Å². The Bertz CT molecular complexity index is 231. The standard InChI is InChI=1S/C11H20N2OS/c1-9(6-11(2,13)8-12)15-7-10-4-3-5-14-10/h9-10H,3-7,13H2,1-2H3. The molecule has 1 aliphatic heterocycles. The van der Waals surface area contributed by atoms with Crippen LogP contribution in [-0.4, -0.2) is 29.3 Å². The molecule has 3 atom stereocenters. The number of rotatable bonds is 5. The Kier molecular flexibility index (Phi) is 4.91. The fourth-order valence-corrected chi connectivity index (χ4v) is 3.02. The number of hydrogen-bond donors (Lipinski definition) is 1. The summed E-state index contributed by atoms with van der Waals surface area (Å²) < 4.78 is 5.54. The topological polar surface area (TPSA) is 59.0 Å². The average Bonchev–Trinajstić information content (AvgIpc) is 2.66. The van der Waals surface area contributed by atoms with Crippen LogP contribution in [0, 0.1) is 11.3 Å². The van der Waals surface area contributed by atoms with Gasteiger partial charge in [0.15, 0.2) is 0 Å². The van der Waals surface area contributed by atoms with Gasteiger partial charge in [0.25, 0.3) is 0 Å². The highest BCUT2D eigenvalue weighted by Gasteiger charge is 2.23. The molecular formula is C11H20N2OS. The quantitative estimate of drug-likeness (QED) is 0.781. The molecule has 3 nitrogen and oxygen atoms in total. The Hall–Kier alpha value is -0.240. The van der Waals surface area contributed by atoms with E-state index in [1.165, 1.54) is 12.8 Å². The fraction of sp³-hybridized carbons (Fsp3) is 0.909. The molecule has 2 N–H and O–H groups in total. The van der Waals surface area contributed by atoms with Crippen molar-refractivity contribution in [2.75, 3.05) is 12.4 Å². The smallest absolute Gasteiger partial charge is 0.102 e. The maximum absolute atomic E-state index is 8.81. The van der Waals surface area contributed by atoms with E-state index in [0.717, 1.165) is 18.8 Å². The Balaban J connectivity index is 2.18. The summed E-state index contributed by atoms with van der Waals surface area (Å²) in [6.07, 6.45) is 3.52. The summed E-state index contributed by atoms with van der Waals surface area (Å²) in [7, 11) is 0. The van der Waals surface area contributed by atoms with Crippen LogP contribution in [0.3, 0.4) is 0 Å². The number of nitriles is 1. The van der Waals surface area contributed by atoms with Crippen molar-refractivity contribution in [1.29, 1.82) is 5.26 Å². The van der Waals surface area contributed by atoms with Crippen LogP contribution in [0.4, 0.5) is 0 Å². The fourth-order valence-electron chi connectivity index (χ4n) is 1.75. The molecule has 0 aromatic carbocycles. The first-order valence-electron chi connectivity index (χ1n) is 5.47. The van der Waals surface area contributed by atoms with E-state index >= 15 is 0 Å². The first-order chi connectivity index (χ1) is 7.03. The third-order valence-corrected chi connectivity index (χ3v) is 3.86. The minimum atomic E-state index is -0.692. The van der Waals surface area contributed by atoms with E-state index in [-0.39, 0.29) is 0 Å². The molecule has 86 valence electrons. The van der Waals surface area contributed by atoms with Crippen LogP contribution in [0.15, 0.2) is 0 Å². The predicted octanol–water partition coefficient (Wildman–Crippen LogP) is 1.92. The Morgan fingerprint density at radius 3 is 3.00 bits per heavy atom. The van der Waals surface area contributed by atoms with Crippen molar-refractivity contribution in [2.24, 2.45) is 5.73 Å². The van der Waals surface area contributed by atoms with Crippen LogP contribution in [0.1, 0.15) is 33.1 Å². The second-order valence-corrected chi connectivity index (χ2v) is 5.98. The molecule has 3 unspecified atom stereocenters. The summed E-state index contributed by atoms with van der Waals surface area (Å²) in [6, 6.07) is 2.13. The first-order valence-corrected chi connectivity index (χ1v) is 6.52. The third kappa shape index (κ3) is 4.87. The third-order valence-electron chi connectivity index (χ3n) is 2.56. The summed E-state index contributed by atoms with van der Waals surface area (Å²) >= 11 is 1.86. The van der Waals surface area contributed by atoms with Gasteiger partial charge >= 0.3 is 0 Å². The maximum Gasteiger partial charge on any atom is 0.102 e. The van der Waals surface area contributed by atoms with Crippen molar-refractivity contribution < 1.29 is 4.74 Å². The highest BCUT2D eigenvalue weighted by Crippen LogP contribution is 2.24. The van der Waals surface area contributed by atoms with Gasteiger partial charge in [0.05, 0.1) is 12.2 Å². The van der Waals surface area contributed by atoms with Gasteiger partial charge in [-0.2, -0.15) is 17.0 Å². The molecule has 0 aromatic heterocycles. The normalized spacial score (nSPS) is 26.9. The minimum absolute atomic E-state index is 0.420. The summed E-state index contributed by atoms with van der Waals surface area (Å²) in [4.78, 5) is 0. The zero-order valence-corrected chi connectivity index (χ0v) is 10.3. The van der Waals surface area contributed by atoms with Crippen LogP contribution in [0.5, 0.6) is 0 Å². The van der Waals surface area contributed by atoms with Crippen molar-refractivity contribution in [2.45, 2.75) is 50.0 Å². The number of hydrogen-bond acceptors (Lipinski definition) is 4. The first kappa shape index (κ1) is 12.8. The van der Waals surface area contributed by atoms with Crippen LogP contribution in [0.2, 0.25) is 0 Å². The van der Waals surface area contributed by atoms with Crippen LogP contribution >= 0.6 is 11.8 Å². The van der Waals surface area contributed by atoms with Crippen molar-refractivity contribution in [1.82, 2.24) is 0 Å². The molecule has 1 fully saturated rings. The lowest BCUT2D eigenvalue weighted by Crippen LogP contribution is -2.36. The number of nitrogens with zero attached hydrogens (tertiary/aromatic N) is 1. The molecule has 1 rings (SSSR count). The van der Waals surface area contributed by atoms with E-state index in [4.69, 9.17) is 15.7 Å². The second kappa shape index (κ2) is 5.74. The number of nitrogens with two attached hydrogens (primary N) is 1. The molecule has 0 spiro atoms. The van der Waals surface area contributed by atoms with Gasteiger partial charge in [0.2, 0.25) is 0 Å². The highest BCUT2D eigenvalue weighted by atomic mass is 32.2.